The van der Waals surface area contributed by atoms with Crippen LogP contribution in [-0.4, -0.2) is 47.6 Å². The molecule has 6 heteroatoms. The molecule has 0 aliphatic rings. The highest BCUT2D eigenvalue weighted by Crippen LogP contribution is 2.09. The van der Waals surface area contributed by atoms with E-state index in [1.54, 1.807) is 0 Å². The molecule has 0 atom stereocenters. The van der Waals surface area contributed by atoms with Crippen molar-refractivity contribution in [2.24, 2.45) is 0 Å². The van der Waals surface area contributed by atoms with Crippen LogP contribution in [0.3, 0.4) is 0 Å². The van der Waals surface area contributed by atoms with Crippen LogP contribution >= 0.6 is 0 Å². The SMILES string of the molecule is CCCCCCOC(c1ccccc1)=[N+]([O-])CCCCCC[N+]([O-])=C(OCCCCCC)c1ccccc1. The average molecular weight is 525 g/mol. The van der Waals surface area contributed by atoms with Gasteiger partial charge in [-0.3, -0.25) is 0 Å². The number of hydrogen-bond donors (Lipinski definition) is 0. The van der Waals surface area contributed by atoms with Crippen LogP contribution in [0.2, 0.25) is 0 Å². The molecule has 0 unspecified atom stereocenters. The van der Waals surface area contributed by atoms with Crippen LogP contribution in [-0.2, 0) is 9.47 Å². The molecular formula is C32H48N2O4. The number of hydroxylamine groups is 2. The zero-order valence-electron chi connectivity index (χ0n) is 23.6. The van der Waals surface area contributed by atoms with Crippen LogP contribution < -0.4 is 0 Å². The molecule has 0 radical (unpaired) electrons. The van der Waals surface area contributed by atoms with E-state index in [0.717, 1.165) is 72.0 Å². The number of benzene rings is 2. The number of unbranched alkanes of at least 4 members (excludes halogenated alkanes) is 9. The lowest BCUT2D eigenvalue weighted by Crippen LogP contribution is -2.22. The van der Waals surface area contributed by atoms with Crippen LogP contribution in [0, 0.1) is 10.4 Å². The summed E-state index contributed by atoms with van der Waals surface area (Å²) in [5.41, 5.74) is 1.64. The van der Waals surface area contributed by atoms with E-state index in [4.69, 9.17) is 9.47 Å². The molecular weight excluding hydrogens is 476 g/mol. The van der Waals surface area contributed by atoms with Crippen molar-refractivity contribution in [2.75, 3.05) is 26.3 Å². The molecule has 0 aliphatic heterocycles. The first-order chi connectivity index (χ1) is 18.7. The van der Waals surface area contributed by atoms with Crippen molar-refractivity contribution in [3.05, 3.63) is 82.2 Å². The van der Waals surface area contributed by atoms with Gasteiger partial charge in [-0.2, -0.15) is 9.48 Å². The highest BCUT2D eigenvalue weighted by atomic mass is 16.6. The van der Waals surface area contributed by atoms with Gasteiger partial charge in [0.05, 0.1) is 24.3 Å². The zero-order valence-corrected chi connectivity index (χ0v) is 23.6. The maximum Gasteiger partial charge on any atom is 0.381 e. The minimum Gasteiger partial charge on any atom is -0.621 e. The quantitative estimate of drug-likeness (QED) is 0.0472. The molecule has 6 nitrogen and oxygen atoms in total. The fraction of sp³-hybridized carbons (Fsp3) is 0.562. The van der Waals surface area contributed by atoms with E-state index in [1.165, 1.54) is 25.7 Å². The highest BCUT2D eigenvalue weighted by molar-refractivity contribution is 5.90. The van der Waals surface area contributed by atoms with E-state index in [0.29, 0.717) is 38.1 Å². The topological polar surface area (TPSA) is 70.6 Å². The van der Waals surface area contributed by atoms with Gasteiger partial charge < -0.3 is 19.9 Å². The van der Waals surface area contributed by atoms with Crippen molar-refractivity contribution < 1.29 is 19.0 Å². The third-order valence-corrected chi connectivity index (χ3v) is 6.44. The Balaban J connectivity index is 1.84. The van der Waals surface area contributed by atoms with Gasteiger partial charge in [-0.05, 0) is 49.9 Å². The Morgan fingerprint density at radius 3 is 1.26 bits per heavy atom. The Kier molecular flexibility index (Phi) is 16.4. The van der Waals surface area contributed by atoms with Crippen molar-refractivity contribution >= 4 is 11.8 Å². The van der Waals surface area contributed by atoms with Crippen LogP contribution in [0.5, 0.6) is 0 Å². The Morgan fingerprint density at radius 2 is 0.895 bits per heavy atom. The molecule has 0 fully saturated rings. The zero-order chi connectivity index (χ0) is 27.3. The summed E-state index contributed by atoms with van der Waals surface area (Å²) in [6, 6.07) is 19.3. The summed E-state index contributed by atoms with van der Waals surface area (Å²) < 4.78 is 13.8. The Labute approximate surface area is 230 Å². The third-order valence-electron chi connectivity index (χ3n) is 6.44. The van der Waals surface area contributed by atoms with Gasteiger partial charge in [-0.15, -0.1) is 0 Å². The van der Waals surface area contributed by atoms with Gasteiger partial charge >= 0.3 is 11.8 Å². The van der Waals surface area contributed by atoms with E-state index >= 15 is 0 Å². The molecule has 0 aromatic heterocycles. The molecule has 0 aliphatic carbocycles. The number of ether oxygens (including phenoxy) is 2. The summed E-state index contributed by atoms with van der Waals surface area (Å²) in [5.74, 6) is 0.817. The summed E-state index contributed by atoms with van der Waals surface area (Å²) in [4.78, 5) is 0. The molecule has 2 aromatic carbocycles. The van der Waals surface area contributed by atoms with Gasteiger partial charge in [0.15, 0.2) is 13.1 Å². The predicted octanol–water partition coefficient (Wildman–Crippen LogP) is 7.65. The van der Waals surface area contributed by atoms with E-state index in [1.807, 2.05) is 60.7 Å². The fourth-order valence-electron chi connectivity index (χ4n) is 4.22. The highest BCUT2D eigenvalue weighted by Gasteiger charge is 2.16. The van der Waals surface area contributed by atoms with Gasteiger partial charge in [0, 0.05) is 12.8 Å². The smallest absolute Gasteiger partial charge is 0.381 e. The first kappa shape index (κ1) is 31.2. The molecule has 210 valence electrons. The lowest BCUT2D eigenvalue weighted by atomic mass is 10.2. The molecule has 0 N–H and O–H groups in total. The van der Waals surface area contributed by atoms with E-state index in [-0.39, 0.29) is 0 Å². The Hall–Kier alpha value is -3.02. The van der Waals surface area contributed by atoms with Crippen molar-refractivity contribution in [1.29, 1.82) is 0 Å². The number of hydrogen-bond acceptors (Lipinski definition) is 4. The second kappa shape index (κ2) is 20.0. The second-order valence-corrected chi connectivity index (χ2v) is 9.78. The van der Waals surface area contributed by atoms with Gasteiger partial charge in [0.2, 0.25) is 0 Å². The van der Waals surface area contributed by atoms with Crippen molar-refractivity contribution in [3.63, 3.8) is 0 Å². The lowest BCUT2D eigenvalue weighted by molar-refractivity contribution is -0.469. The van der Waals surface area contributed by atoms with Gasteiger partial charge in [-0.1, -0.05) is 88.8 Å². The first-order valence-corrected chi connectivity index (χ1v) is 14.7. The van der Waals surface area contributed by atoms with Crippen molar-refractivity contribution in [2.45, 2.75) is 90.9 Å². The lowest BCUT2D eigenvalue weighted by Gasteiger charge is -2.13. The third kappa shape index (κ3) is 12.5. The van der Waals surface area contributed by atoms with Crippen LogP contribution in [0.1, 0.15) is 102 Å². The fourth-order valence-corrected chi connectivity index (χ4v) is 4.22. The monoisotopic (exact) mass is 524 g/mol. The molecule has 2 rings (SSSR count). The van der Waals surface area contributed by atoms with Gasteiger partial charge in [0.25, 0.3) is 0 Å². The van der Waals surface area contributed by atoms with Crippen LogP contribution in [0.4, 0.5) is 0 Å². The van der Waals surface area contributed by atoms with E-state index in [2.05, 4.69) is 13.8 Å². The average Bonchev–Trinajstić information content (AvgIpc) is 2.95. The largest absolute Gasteiger partial charge is 0.621 e. The molecule has 0 saturated carbocycles. The summed E-state index contributed by atoms with van der Waals surface area (Å²) in [6.07, 6.45) is 12.1. The van der Waals surface area contributed by atoms with Crippen LogP contribution in [0.25, 0.3) is 0 Å². The molecule has 0 heterocycles. The molecule has 38 heavy (non-hydrogen) atoms. The summed E-state index contributed by atoms with van der Waals surface area (Å²) in [6.45, 7) is 6.23. The van der Waals surface area contributed by atoms with E-state index in [9.17, 15) is 10.4 Å². The normalized spacial score (nSPS) is 12.6. The predicted molar refractivity (Wildman–Crippen MR) is 157 cm³/mol. The summed E-state index contributed by atoms with van der Waals surface area (Å²) in [7, 11) is 0. The maximum absolute atomic E-state index is 12.9. The molecule has 2 aromatic rings. The minimum absolute atomic E-state index is 0.378. The van der Waals surface area contributed by atoms with Crippen LogP contribution in [0.15, 0.2) is 60.7 Å². The Bertz CT molecular complexity index is 851. The van der Waals surface area contributed by atoms with Gasteiger partial charge in [0.1, 0.15) is 0 Å². The summed E-state index contributed by atoms with van der Waals surface area (Å²) >= 11 is 0. The van der Waals surface area contributed by atoms with Crippen molar-refractivity contribution in [1.82, 2.24) is 0 Å². The molecule has 0 amide bonds. The summed E-state index contributed by atoms with van der Waals surface area (Å²) in [5, 5.41) is 25.8. The minimum atomic E-state index is 0.378. The van der Waals surface area contributed by atoms with E-state index < -0.39 is 0 Å². The van der Waals surface area contributed by atoms with Crippen molar-refractivity contribution in [3.8, 4) is 0 Å². The molecule has 0 spiro atoms. The number of nitrogens with zero attached hydrogens (tertiary/aromatic N) is 2. The maximum atomic E-state index is 12.9. The molecule has 0 saturated heterocycles. The number of rotatable bonds is 19. The Morgan fingerprint density at radius 1 is 0.526 bits per heavy atom. The standard InChI is InChI=1S/C32H48N2O4/c1-3-5-7-19-27-37-31(29-21-13-11-14-22-29)33(35)25-17-9-10-18-26-34(36)32(30-23-15-12-16-24-30)38-28-20-8-6-4-2/h11-16,21-24H,3-10,17-20,25-28H2,1-2H3. The van der Waals surface area contributed by atoms with Gasteiger partial charge in [-0.25, -0.2) is 0 Å². The molecule has 0 bridgehead atoms. The second-order valence-electron chi connectivity index (χ2n) is 9.78. The first-order valence-electron chi connectivity index (χ1n) is 14.7.